The minimum Gasteiger partial charge on any atom is -0.322 e. The summed E-state index contributed by atoms with van der Waals surface area (Å²) >= 11 is 0. The number of aryl methyl sites for hydroxylation is 2. The number of hydrogen-bond acceptors (Lipinski definition) is 4. The summed E-state index contributed by atoms with van der Waals surface area (Å²) in [6.45, 7) is 6.88. The molecule has 33 heavy (non-hydrogen) atoms. The van der Waals surface area contributed by atoms with Crippen LogP contribution in [0.1, 0.15) is 27.0 Å². The molecule has 0 radical (unpaired) electrons. The largest absolute Gasteiger partial charge is 0.322 e. The minimum atomic E-state index is -3.68. The van der Waals surface area contributed by atoms with Crippen molar-refractivity contribution in [2.45, 2.75) is 25.3 Å². The second-order valence-corrected chi connectivity index (χ2v) is 10.4. The number of nitrogens with one attached hydrogen (secondary N) is 1. The van der Waals surface area contributed by atoms with Crippen LogP contribution in [0.3, 0.4) is 0 Å². The molecule has 0 aliphatic carbocycles. The first-order valence-corrected chi connectivity index (χ1v) is 12.5. The van der Waals surface area contributed by atoms with Gasteiger partial charge in [0.1, 0.15) is 0 Å². The van der Waals surface area contributed by atoms with Crippen molar-refractivity contribution in [1.29, 1.82) is 0 Å². The molecule has 0 spiro atoms. The fourth-order valence-corrected chi connectivity index (χ4v) is 5.45. The zero-order chi connectivity index (χ0) is 23.4. The molecule has 6 nitrogen and oxygen atoms in total. The Morgan fingerprint density at radius 2 is 1.61 bits per heavy atom. The van der Waals surface area contributed by atoms with Crippen LogP contribution in [0, 0.1) is 13.8 Å². The number of sulfonamides is 1. The van der Waals surface area contributed by atoms with Gasteiger partial charge in [0.25, 0.3) is 5.91 Å². The highest BCUT2D eigenvalue weighted by molar-refractivity contribution is 7.89. The van der Waals surface area contributed by atoms with Crippen molar-refractivity contribution in [2.24, 2.45) is 0 Å². The number of hydrogen-bond donors (Lipinski definition) is 1. The third kappa shape index (κ3) is 5.50. The maximum atomic E-state index is 13.3. The van der Waals surface area contributed by atoms with Gasteiger partial charge in [-0.05, 0) is 54.8 Å². The lowest BCUT2D eigenvalue weighted by Crippen LogP contribution is -2.48. The van der Waals surface area contributed by atoms with Crippen molar-refractivity contribution >= 4 is 21.6 Å². The molecule has 1 saturated heterocycles. The average Bonchev–Trinajstić information content (AvgIpc) is 2.82. The first kappa shape index (κ1) is 23.2. The van der Waals surface area contributed by atoms with Crippen LogP contribution in [0.15, 0.2) is 77.7 Å². The number of amides is 1. The first-order chi connectivity index (χ1) is 15.8. The zero-order valence-electron chi connectivity index (χ0n) is 19.0. The lowest BCUT2D eigenvalue weighted by molar-refractivity contribution is 0.102. The lowest BCUT2D eigenvalue weighted by Gasteiger charge is -2.34. The molecule has 7 heteroatoms. The van der Waals surface area contributed by atoms with Crippen molar-refractivity contribution in [2.75, 3.05) is 31.5 Å². The Hall–Kier alpha value is -3.00. The van der Waals surface area contributed by atoms with E-state index in [-0.39, 0.29) is 10.8 Å². The topological polar surface area (TPSA) is 69.7 Å². The maximum Gasteiger partial charge on any atom is 0.255 e. The van der Waals surface area contributed by atoms with Gasteiger partial charge in [-0.2, -0.15) is 4.31 Å². The fraction of sp³-hybridized carbons (Fsp3) is 0.269. The third-order valence-electron chi connectivity index (χ3n) is 5.96. The molecule has 4 rings (SSSR count). The third-order valence-corrected chi connectivity index (χ3v) is 7.85. The molecule has 172 valence electrons. The molecule has 3 aromatic carbocycles. The van der Waals surface area contributed by atoms with E-state index in [1.165, 1.54) is 15.9 Å². The molecule has 1 fully saturated rings. The quantitative estimate of drug-likeness (QED) is 0.599. The highest BCUT2D eigenvalue weighted by Gasteiger charge is 2.29. The Balaban J connectivity index is 1.44. The van der Waals surface area contributed by atoms with Crippen LogP contribution in [-0.4, -0.2) is 49.7 Å². The number of nitrogens with zero attached hydrogens (tertiary/aromatic N) is 2. The molecule has 0 unspecified atom stereocenters. The van der Waals surface area contributed by atoms with Gasteiger partial charge in [-0.15, -0.1) is 0 Å². The first-order valence-electron chi connectivity index (χ1n) is 11.1. The van der Waals surface area contributed by atoms with Crippen molar-refractivity contribution in [3.8, 4) is 0 Å². The molecule has 0 saturated carbocycles. The Bertz CT molecular complexity index is 1230. The highest BCUT2D eigenvalue weighted by atomic mass is 32.2. The summed E-state index contributed by atoms with van der Waals surface area (Å²) in [5.41, 5.74) is 4.25. The summed E-state index contributed by atoms with van der Waals surface area (Å²) < 4.78 is 28.0. The summed E-state index contributed by atoms with van der Waals surface area (Å²) in [6.07, 6.45) is 0. The van der Waals surface area contributed by atoms with Gasteiger partial charge < -0.3 is 5.32 Å². The van der Waals surface area contributed by atoms with Crippen molar-refractivity contribution < 1.29 is 13.2 Å². The SMILES string of the molecule is Cc1ccc(C)c(NC(=O)c2cccc(S(=O)(=O)N3CCN(Cc4ccccc4)CC3)c2)c1. The maximum absolute atomic E-state index is 13.3. The normalized spacial score (nSPS) is 15.3. The van der Waals surface area contributed by atoms with Crippen molar-refractivity contribution in [1.82, 2.24) is 9.21 Å². The van der Waals surface area contributed by atoms with E-state index >= 15 is 0 Å². The van der Waals surface area contributed by atoms with E-state index in [1.807, 2.05) is 50.2 Å². The Labute approximate surface area is 195 Å². The predicted molar refractivity (Wildman–Crippen MR) is 131 cm³/mol. The summed E-state index contributed by atoms with van der Waals surface area (Å²) in [7, 11) is -3.68. The summed E-state index contributed by atoms with van der Waals surface area (Å²) in [6, 6.07) is 22.3. The second-order valence-electron chi connectivity index (χ2n) is 8.47. The standard InChI is InChI=1S/C26H29N3O3S/c1-20-11-12-21(2)25(17-20)27-26(30)23-9-6-10-24(18-23)33(31,32)29-15-13-28(14-16-29)19-22-7-4-3-5-8-22/h3-12,17-18H,13-16,19H2,1-2H3,(H,27,30). The molecule has 1 aliphatic rings. The summed E-state index contributed by atoms with van der Waals surface area (Å²) in [5.74, 6) is -0.326. The van der Waals surface area contributed by atoms with Gasteiger partial charge in [0, 0.05) is 44.0 Å². The van der Waals surface area contributed by atoms with Crippen LogP contribution in [-0.2, 0) is 16.6 Å². The number of piperazine rings is 1. The molecule has 3 aromatic rings. The summed E-state index contributed by atoms with van der Waals surface area (Å²) in [4.78, 5) is 15.2. The molecule has 1 amide bonds. The monoisotopic (exact) mass is 463 g/mol. The second kappa shape index (κ2) is 9.87. The molecular formula is C26H29N3O3S. The molecular weight excluding hydrogens is 434 g/mol. The lowest BCUT2D eigenvalue weighted by atomic mass is 10.1. The van der Waals surface area contributed by atoms with E-state index in [2.05, 4.69) is 22.3 Å². The molecule has 0 aromatic heterocycles. The van der Waals surface area contributed by atoms with E-state index in [9.17, 15) is 13.2 Å². The van der Waals surface area contributed by atoms with Crippen LogP contribution < -0.4 is 5.32 Å². The number of benzene rings is 3. The van der Waals surface area contributed by atoms with Crippen molar-refractivity contribution in [3.63, 3.8) is 0 Å². The number of carbonyl (C=O) groups excluding carboxylic acids is 1. The van der Waals surface area contributed by atoms with E-state index in [0.29, 0.717) is 31.7 Å². The Morgan fingerprint density at radius 1 is 0.879 bits per heavy atom. The minimum absolute atomic E-state index is 0.146. The van der Waals surface area contributed by atoms with Gasteiger partial charge in [-0.25, -0.2) is 8.42 Å². The smallest absolute Gasteiger partial charge is 0.255 e. The highest BCUT2D eigenvalue weighted by Crippen LogP contribution is 2.22. The van der Waals surface area contributed by atoms with Gasteiger partial charge >= 0.3 is 0 Å². The zero-order valence-corrected chi connectivity index (χ0v) is 19.8. The Morgan fingerprint density at radius 3 is 2.33 bits per heavy atom. The number of anilines is 1. The number of rotatable bonds is 6. The van der Waals surface area contributed by atoms with Crippen LogP contribution in [0.25, 0.3) is 0 Å². The van der Waals surface area contributed by atoms with Crippen LogP contribution in [0.4, 0.5) is 5.69 Å². The molecule has 1 aliphatic heterocycles. The molecule has 0 bridgehead atoms. The van der Waals surface area contributed by atoms with Crippen LogP contribution in [0.5, 0.6) is 0 Å². The summed E-state index contributed by atoms with van der Waals surface area (Å²) in [5, 5.41) is 2.90. The van der Waals surface area contributed by atoms with Crippen LogP contribution in [0.2, 0.25) is 0 Å². The van der Waals surface area contributed by atoms with Gasteiger partial charge in [0.15, 0.2) is 0 Å². The fourth-order valence-electron chi connectivity index (χ4n) is 3.98. The predicted octanol–water partition coefficient (Wildman–Crippen LogP) is 4.06. The molecule has 1 N–H and O–H groups in total. The van der Waals surface area contributed by atoms with E-state index in [4.69, 9.17) is 0 Å². The molecule has 0 atom stereocenters. The van der Waals surface area contributed by atoms with Crippen LogP contribution >= 0.6 is 0 Å². The van der Waals surface area contributed by atoms with E-state index in [0.717, 1.165) is 23.4 Å². The van der Waals surface area contributed by atoms with Gasteiger partial charge in [0.2, 0.25) is 10.0 Å². The molecule has 1 heterocycles. The average molecular weight is 464 g/mol. The van der Waals surface area contributed by atoms with Gasteiger partial charge in [-0.3, -0.25) is 9.69 Å². The van der Waals surface area contributed by atoms with E-state index in [1.54, 1.807) is 18.2 Å². The van der Waals surface area contributed by atoms with Gasteiger partial charge in [0.05, 0.1) is 4.90 Å². The van der Waals surface area contributed by atoms with E-state index < -0.39 is 10.0 Å². The Kier molecular flexibility index (Phi) is 6.93. The van der Waals surface area contributed by atoms with Gasteiger partial charge in [-0.1, -0.05) is 48.5 Å². The number of carbonyl (C=O) groups is 1. The van der Waals surface area contributed by atoms with Crippen molar-refractivity contribution in [3.05, 3.63) is 95.1 Å².